The molecule has 1 aliphatic carbocycles. The topological polar surface area (TPSA) is 75.9 Å². The molecule has 3 rings (SSSR count). The first-order valence-electron chi connectivity index (χ1n) is 5.59. The lowest BCUT2D eigenvalue weighted by molar-refractivity contribution is -0.124. The first-order valence-corrected chi connectivity index (χ1v) is 5.59. The molecule has 7 heteroatoms. The van der Waals surface area contributed by atoms with Gasteiger partial charge in [0.15, 0.2) is 5.82 Å². The molecule has 1 saturated carbocycles. The summed E-state index contributed by atoms with van der Waals surface area (Å²) in [4.78, 5) is 13.3. The number of hydrogen-bond donors (Lipinski definition) is 1. The Bertz CT molecular complexity index is 398. The Hall–Kier alpha value is -1.50. The van der Waals surface area contributed by atoms with Gasteiger partial charge in [0.1, 0.15) is 0 Å². The second-order valence-electron chi connectivity index (χ2n) is 4.33. The summed E-state index contributed by atoms with van der Waals surface area (Å²) >= 11 is 0. The summed E-state index contributed by atoms with van der Waals surface area (Å²) in [6.07, 6.45) is 2.33. The lowest BCUT2D eigenvalue weighted by atomic mass is 10.3. The van der Waals surface area contributed by atoms with Gasteiger partial charge in [0.2, 0.25) is 5.91 Å². The Kier molecular flexibility index (Phi) is 2.32. The molecule has 0 aromatic carbocycles. The molecule has 7 nitrogen and oxygen atoms in total. The van der Waals surface area contributed by atoms with Crippen molar-refractivity contribution in [1.29, 1.82) is 0 Å². The second kappa shape index (κ2) is 3.82. The Morgan fingerprint density at radius 3 is 3.06 bits per heavy atom. The minimum Gasteiger partial charge on any atom is -0.354 e. The normalized spacial score (nSPS) is 22.1. The number of rotatable bonds is 3. The van der Waals surface area contributed by atoms with Gasteiger partial charge in [-0.25, -0.2) is 4.68 Å². The largest absolute Gasteiger partial charge is 0.354 e. The van der Waals surface area contributed by atoms with E-state index in [0.717, 1.165) is 12.4 Å². The van der Waals surface area contributed by atoms with Crippen molar-refractivity contribution >= 4 is 5.91 Å². The van der Waals surface area contributed by atoms with Gasteiger partial charge in [-0.1, -0.05) is 0 Å². The van der Waals surface area contributed by atoms with Crippen LogP contribution in [0.1, 0.15) is 24.7 Å². The molecule has 16 heavy (non-hydrogen) atoms. The predicted molar refractivity (Wildman–Crippen MR) is 54.4 cm³/mol. The van der Waals surface area contributed by atoms with Crippen LogP contribution in [0.3, 0.4) is 0 Å². The van der Waals surface area contributed by atoms with Crippen molar-refractivity contribution in [2.24, 2.45) is 0 Å². The lowest BCUT2D eigenvalue weighted by Crippen LogP contribution is -2.47. The third kappa shape index (κ3) is 1.90. The number of carbonyl (C=O) groups excluding carboxylic acids is 1. The molecule has 1 aromatic heterocycles. The molecule has 0 bridgehead atoms. The van der Waals surface area contributed by atoms with Crippen LogP contribution in [0.4, 0.5) is 0 Å². The van der Waals surface area contributed by atoms with Crippen LogP contribution in [0, 0.1) is 0 Å². The second-order valence-corrected chi connectivity index (χ2v) is 4.33. The SMILES string of the molecule is O=C1CN(Cc2nnnn2C2CC2)CCN1. The van der Waals surface area contributed by atoms with Gasteiger partial charge < -0.3 is 5.32 Å². The molecule has 2 fully saturated rings. The zero-order valence-corrected chi connectivity index (χ0v) is 8.96. The van der Waals surface area contributed by atoms with Crippen LogP contribution >= 0.6 is 0 Å². The van der Waals surface area contributed by atoms with Crippen LogP contribution in [0.5, 0.6) is 0 Å². The zero-order valence-electron chi connectivity index (χ0n) is 8.96. The monoisotopic (exact) mass is 222 g/mol. The molecule has 1 saturated heterocycles. The van der Waals surface area contributed by atoms with E-state index in [-0.39, 0.29) is 5.91 Å². The Morgan fingerprint density at radius 1 is 1.44 bits per heavy atom. The fraction of sp³-hybridized carbons (Fsp3) is 0.778. The molecule has 0 unspecified atom stereocenters. The Morgan fingerprint density at radius 2 is 2.31 bits per heavy atom. The molecule has 0 radical (unpaired) electrons. The molecule has 0 atom stereocenters. The van der Waals surface area contributed by atoms with E-state index < -0.39 is 0 Å². The van der Waals surface area contributed by atoms with Gasteiger partial charge in [-0.05, 0) is 23.3 Å². The van der Waals surface area contributed by atoms with Crippen molar-refractivity contribution in [2.45, 2.75) is 25.4 Å². The van der Waals surface area contributed by atoms with Crippen LogP contribution in [0.15, 0.2) is 0 Å². The summed E-state index contributed by atoms with van der Waals surface area (Å²) in [5, 5.41) is 14.5. The minimum absolute atomic E-state index is 0.0803. The summed E-state index contributed by atoms with van der Waals surface area (Å²) in [6, 6.07) is 0.489. The molecule has 86 valence electrons. The number of aromatic nitrogens is 4. The van der Waals surface area contributed by atoms with E-state index in [9.17, 15) is 4.79 Å². The van der Waals surface area contributed by atoms with Crippen molar-refractivity contribution in [2.75, 3.05) is 19.6 Å². The van der Waals surface area contributed by atoms with Crippen LogP contribution in [-0.2, 0) is 11.3 Å². The standard InChI is InChI=1S/C9H14N6O/c16-9-6-14(4-3-10-9)5-8-11-12-13-15(8)7-1-2-7/h7H,1-6H2,(H,10,16). The maximum atomic E-state index is 11.2. The number of carbonyl (C=O) groups is 1. The van der Waals surface area contributed by atoms with Crippen LogP contribution in [0.2, 0.25) is 0 Å². The van der Waals surface area contributed by atoms with Crippen molar-refractivity contribution in [3.05, 3.63) is 5.82 Å². The number of tetrazole rings is 1. The lowest BCUT2D eigenvalue weighted by Gasteiger charge is -2.25. The minimum atomic E-state index is 0.0803. The highest BCUT2D eigenvalue weighted by molar-refractivity contribution is 5.78. The van der Waals surface area contributed by atoms with Gasteiger partial charge in [-0.15, -0.1) is 5.10 Å². The molecule has 1 aliphatic heterocycles. The van der Waals surface area contributed by atoms with Crippen molar-refractivity contribution < 1.29 is 4.79 Å². The number of piperazine rings is 1. The summed E-state index contributed by atoms with van der Waals surface area (Å²) < 4.78 is 1.90. The van der Waals surface area contributed by atoms with E-state index >= 15 is 0 Å². The highest BCUT2D eigenvalue weighted by Crippen LogP contribution is 2.34. The Balaban J connectivity index is 1.68. The first kappa shape index (κ1) is 9.71. The van der Waals surface area contributed by atoms with Crippen molar-refractivity contribution in [3.8, 4) is 0 Å². The quantitative estimate of drug-likeness (QED) is 0.705. The van der Waals surface area contributed by atoms with E-state index in [0.29, 0.717) is 25.7 Å². The van der Waals surface area contributed by atoms with E-state index in [1.165, 1.54) is 12.8 Å². The Labute approximate surface area is 92.8 Å². The third-order valence-electron chi connectivity index (χ3n) is 2.94. The molecule has 2 aliphatic rings. The van der Waals surface area contributed by atoms with Gasteiger partial charge in [-0.3, -0.25) is 9.69 Å². The molecule has 1 aromatic rings. The maximum absolute atomic E-state index is 11.2. The summed E-state index contributed by atoms with van der Waals surface area (Å²) in [6.45, 7) is 2.68. The van der Waals surface area contributed by atoms with Crippen LogP contribution in [-0.4, -0.2) is 50.6 Å². The smallest absolute Gasteiger partial charge is 0.234 e. The van der Waals surface area contributed by atoms with Gasteiger partial charge in [-0.2, -0.15) is 0 Å². The van der Waals surface area contributed by atoms with Gasteiger partial charge in [0.25, 0.3) is 0 Å². The van der Waals surface area contributed by atoms with Crippen LogP contribution < -0.4 is 5.32 Å². The maximum Gasteiger partial charge on any atom is 0.234 e. The summed E-state index contributed by atoms with van der Waals surface area (Å²) in [5.41, 5.74) is 0. The van der Waals surface area contributed by atoms with Crippen molar-refractivity contribution in [1.82, 2.24) is 30.4 Å². The highest BCUT2D eigenvalue weighted by Gasteiger charge is 2.28. The summed E-state index contributed by atoms with van der Waals surface area (Å²) in [7, 11) is 0. The summed E-state index contributed by atoms with van der Waals surface area (Å²) in [5.74, 6) is 0.953. The van der Waals surface area contributed by atoms with Gasteiger partial charge in [0.05, 0.1) is 19.1 Å². The van der Waals surface area contributed by atoms with E-state index in [4.69, 9.17) is 0 Å². The average Bonchev–Trinajstić information content (AvgIpc) is 3.00. The molecular weight excluding hydrogens is 208 g/mol. The van der Waals surface area contributed by atoms with E-state index in [1.807, 2.05) is 4.68 Å². The predicted octanol–water partition coefficient (Wildman–Crippen LogP) is -1.06. The number of nitrogens with zero attached hydrogens (tertiary/aromatic N) is 5. The van der Waals surface area contributed by atoms with Crippen molar-refractivity contribution in [3.63, 3.8) is 0 Å². The average molecular weight is 222 g/mol. The van der Waals surface area contributed by atoms with Crippen LogP contribution in [0.25, 0.3) is 0 Å². The molecule has 1 N–H and O–H groups in total. The highest BCUT2D eigenvalue weighted by atomic mass is 16.2. The number of nitrogens with one attached hydrogen (secondary N) is 1. The molecule has 0 spiro atoms. The molecule has 2 heterocycles. The zero-order chi connectivity index (χ0) is 11.0. The van der Waals surface area contributed by atoms with Gasteiger partial charge in [0, 0.05) is 13.1 Å². The molecular formula is C9H14N6O. The van der Waals surface area contributed by atoms with Gasteiger partial charge >= 0.3 is 0 Å². The first-order chi connectivity index (χ1) is 7.83. The third-order valence-corrected chi connectivity index (χ3v) is 2.94. The van der Waals surface area contributed by atoms with E-state index in [1.54, 1.807) is 0 Å². The van der Waals surface area contributed by atoms with E-state index in [2.05, 4.69) is 25.7 Å². The fourth-order valence-corrected chi connectivity index (χ4v) is 1.95. The molecule has 1 amide bonds. The fourth-order valence-electron chi connectivity index (χ4n) is 1.95. The number of hydrogen-bond acceptors (Lipinski definition) is 5. The number of amides is 1.